The lowest BCUT2D eigenvalue weighted by atomic mass is 9.51. The molecule has 4 amide bonds. The van der Waals surface area contributed by atoms with E-state index in [-0.39, 0.29) is 42.8 Å². The summed E-state index contributed by atoms with van der Waals surface area (Å²) in [4.78, 5) is 57.8. The molecule has 2 aromatic rings. The summed E-state index contributed by atoms with van der Waals surface area (Å²) in [5.41, 5.74) is 1.06. The second kappa shape index (κ2) is 9.45. The van der Waals surface area contributed by atoms with Crippen molar-refractivity contribution < 1.29 is 29.0 Å². The van der Waals surface area contributed by atoms with Crippen LogP contribution in [0.3, 0.4) is 0 Å². The number of ether oxygens (including phenoxy) is 1. The van der Waals surface area contributed by atoms with E-state index in [1.807, 2.05) is 37.3 Å². The quantitative estimate of drug-likeness (QED) is 0.456. The van der Waals surface area contributed by atoms with E-state index in [2.05, 4.69) is 0 Å². The molecule has 0 aromatic heterocycles. The molecular weight excluding hydrogens is 496 g/mol. The van der Waals surface area contributed by atoms with Gasteiger partial charge >= 0.3 is 0 Å². The standard InChI is InChI=1S/C31H32N2O6/c1-3-32-27(35)21-14-13-19-22(25(21)29(32)37)17-23-28(36)33(18-9-5-4-6-10-18)30(38)31(23,2)26(19)20-11-7-8-12-24(20)39-16-15-34/h4-13,21-23,25-26,34H,3,14-17H2,1-2H3. The van der Waals surface area contributed by atoms with Crippen LogP contribution in [-0.2, 0) is 19.2 Å². The number of rotatable bonds is 6. The van der Waals surface area contributed by atoms with E-state index in [4.69, 9.17) is 4.74 Å². The zero-order valence-corrected chi connectivity index (χ0v) is 22.1. The van der Waals surface area contributed by atoms with Gasteiger partial charge in [0.05, 0.1) is 35.5 Å². The zero-order chi connectivity index (χ0) is 27.5. The van der Waals surface area contributed by atoms with E-state index >= 15 is 0 Å². The van der Waals surface area contributed by atoms with E-state index in [9.17, 15) is 24.3 Å². The molecule has 8 heteroatoms. The summed E-state index contributed by atoms with van der Waals surface area (Å²) < 4.78 is 5.93. The minimum absolute atomic E-state index is 0.0819. The topological polar surface area (TPSA) is 104 Å². The Balaban J connectivity index is 1.54. The van der Waals surface area contributed by atoms with Gasteiger partial charge in [-0.15, -0.1) is 0 Å². The molecule has 6 unspecified atom stereocenters. The third kappa shape index (κ3) is 3.54. The van der Waals surface area contributed by atoms with Crippen LogP contribution in [-0.4, -0.2) is 53.4 Å². The van der Waals surface area contributed by atoms with Crippen LogP contribution in [0.25, 0.3) is 0 Å². The van der Waals surface area contributed by atoms with E-state index in [0.717, 1.165) is 11.1 Å². The fourth-order valence-electron chi connectivity index (χ4n) is 7.57. The summed E-state index contributed by atoms with van der Waals surface area (Å²) in [6, 6.07) is 16.3. The molecule has 2 aliphatic carbocycles. The lowest BCUT2D eigenvalue weighted by molar-refractivity contribution is -0.140. The normalized spacial score (nSPS) is 31.7. The van der Waals surface area contributed by atoms with Crippen molar-refractivity contribution in [3.05, 3.63) is 71.8 Å². The second-order valence-electron chi connectivity index (χ2n) is 11.0. The first-order chi connectivity index (χ1) is 18.8. The number of fused-ring (bicyclic) bond motifs is 4. The molecule has 2 aliphatic heterocycles. The van der Waals surface area contributed by atoms with Crippen LogP contribution in [0.4, 0.5) is 5.69 Å². The molecular formula is C31H32N2O6. The maximum atomic E-state index is 14.4. The largest absolute Gasteiger partial charge is 0.491 e. The van der Waals surface area contributed by atoms with Crippen LogP contribution in [0, 0.1) is 29.1 Å². The number of benzene rings is 2. The van der Waals surface area contributed by atoms with E-state index in [0.29, 0.717) is 30.8 Å². The average Bonchev–Trinajstić information content (AvgIpc) is 3.31. The number of aliphatic hydroxyl groups excluding tert-OH is 1. The van der Waals surface area contributed by atoms with Crippen molar-refractivity contribution in [2.45, 2.75) is 32.6 Å². The van der Waals surface area contributed by atoms with Crippen LogP contribution in [0.1, 0.15) is 38.2 Å². The third-order valence-electron chi connectivity index (χ3n) is 9.28. The number of carbonyl (C=O) groups is 4. The lowest BCUT2D eigenvalue weighted by Gasteiger charge is -2.49. The van der Waals surface area contributed by atoms with Crippen molar-refractivity contribution in [1.82, 2.24) is 4.90 Å². The number of aliphatic hydroxyl groups is 1. The van der Waals surface area contributed by atoms with Gasteiger partial charge in [0.15, 0.2) is 0 Å². The summed E-state index contributed by atoms with van der Waals surface area (Å²) in [5, 5.41) is 9.44. The maximum absolute atomic E-state index is 14.4. The summed E-state index contributed by atoms with van der Waals surface area (Å²) in [5.74, 6) is -2.94. The highest BCUT2D eigenvalue weighted by atomic mass is 16.5. The zero-order valence-electron chi connectivity index (χ0n) is 22.1. The van der Waals surface area contributed by atoms with E-state index in [1.165, 1.54) is 9.80 Å². The molecule has 39 heavy (non-hydrogen) atoms. The van der Waals surface area contributed by atoms with E-state index in [1.54, 1.807) is 37.3 Å². The van der Waals surface area contributed by atoms with Gasteiger partial charge in [0, 0.05) is 18.0 Å². The van der Waals surface area contributed by atoms with Gasteiger partial charge in [-0.05, 0) is 50.8 Å². The highest BCUT2D eigenvalue weighted by Crippen LogP contribution is 2.64. The van der Waals surface area contributed by atoms with Crippen molar-refractivity contribution in [2.75, 3.05) is 24.7 Å². The minimum Gasteiger partial charge on any atom is -0.491 e. The molecule has 3 fully saturated rings. The maximum Gasteiger partial charge on any atom is 0.241 e. The lowest BCUT2D eigenvalue weighted by Crippen LogP contribution is -2.49. The van der Waals surface area contributed by atoms with Gasteiger partial charge in [0.2, 0.25) is 23.6 Å². The molecule has 2 aromatic carbocycles. The number of anilines is 1. The Bertz CT molecular complexity index is 1390. The Hall–Kier alpha value is -3.78. The molecule has 0 bridgehead atoms. The fraction of sp³-hybridized carbons (Fsp3) is 0.419. The van der Waals surface area contributed by atoms with Gasteiger partial charge < -0.3 is 9.84 Å². The molecule has 2 saturated heterocycles. The molecule has 202 valence electrons. The van der Waals surface area contributed by atoms with Crippen LogP contribution >= 0.6 is 0 Å². The number of nitrogens with zero attached hydrogens (tertiary/aromatic N) is 2. The summed E-state index contributed by atoms with van der Waals surface area (Å²) in [7, 11) is 0. The first-order valence-corrected chi connectivity index (χ1v) is 13.7. The van der Waals surface area contributed by atoms with Crippen LogP contribution < -0.4 is 9.64 Å². The summed E-state index contributed by atoms with van der Waals surface area (Å²) >= 11 is 0. The molecule has 8 nitrogen and oxygen atoms in total. The monoisotopic (exact) mass is 528 g/mol. The van der Waals surface area contributed by atoms with Gasteiger partial charge in [0.1, 0.15) is 12.4 Å². The average molecular weight is 529 g/mol. The van der Waals surface area contributed by atoms with Gasteiger partial charge in [-0.3, -0.25) is 24.1 Å². The summed E-state index contributed by atoms with van der Waals surface area (Å²) in [6.45, 7) is 3.88. The van der Waals surface area contributed by atoms with Gasteiger partial charge in [0.25, 0.3) is 0 Å². The van der Waals surface area contributed by atoms with Crippen LogP contribution in [0.15, 0.2) is 66.2 Å². The fourth-order valence-corrected chi connectivity index (χ4v) is 7.57. The predicted molar refractivity (Wildman–Crippen MR) is 142 cm³/mol. The van der Waals surface area contributed by atoms with Crippen molar-refractivity contribution >= 4 is 29.3 Å². The SMILES string of the molecule is CCN1C(=O)C2CC=C3C(CC4C(=O)N(c5ccccc5)C(=O)C4(C)C3c3ccccc3OCCO)C2C1=O. The Morgan fingerprint density at radius 2 is 1.67 bits per heavy atom. The first-order valence-electron chi connectivity index (χ1n) is 13.7. The van der Waals surface area contributed by atoms with Gasteiger partial charge in [-0.1, -0.05) is 48.0 Å². The Morgan fingerprint density at radius 3 is 2.38 bits per heavy atom. The molecule has 0 spiro atoms. The molecule has 1 saturated carbocycles. The number of para-hydroxylation sites is 2. The van der Waals surface area contributed by atoms with Gasteiger partial charge in [-0.25, -0.2) is 4.90 Å². The van der Waals surface area contributed by atoms with E-state index < -0.39 is 29.1 Å². The number of allylic oxidation sites excluding steroid dienone is 2. The Labute approximate surface area is 227 Å². The minimum atomic E-state index is -1.13. The number of imide groups is 2. The number of hydrogen-bond acceptors (Lipinski definition) is 6. The van der Waals surface area contributed by atoms with Crippen molar-refractivity contribution in [3.63, 3.8) is 0 Å². The Morgan fingerprint density at radius 1 is 0.949 bits per heavy atom. The smallest absolute Gasteiger partial charge is 0.241 e. The number of hydrogen-bond donors (Lipinski definition) is 1. The highest BCUT2D eigenvalue weighted by molar-refractivity contribution is 6.24. The first kappa shape index (κ1) is 25.5. The molecule has 6 rings (SSSR count). The van der Waals surface area contributed by atoms with Crippen LogP contribution in [0.2, 0.25) is 0 Å². The van der Waals surface area contributed by atoms with Crippen molar-refractivity contribution in [2.24, 2.45) is 29.1 Å². The van der Waals surface area contributed by atoms with Gasteiger partial charge in [-0.2, -0.15) is 0 Å². The number of likely N-dealkylation sites (tertiary alicyclic amines) is 1. The van der Waals surface area contributed by atoms with Crippen molar-refractivity contribution in [1.29, 1.82) is 0 Å². The van der Waals surface area contributed by atoms with Crippen molar-refractivity contribution in [3.8, 4) is 5.75 Å². The molecule has 1 N–H and O–H groups in total. The molecule has 4 aliphatic rings. The van der Waals surface area contributed by atoms with Crippen LogP contribution in [0.5, 0.6) is 5.75 Å². The number of amides is 4. The second-order valence-corrected chi connectivity index (χ2v) is 11.0. The predicted octanol–water partition coefficient (Wildman–Crippen LogP) is 3.31. The number of carbonyl (C=O) groups excluding carboxylic acids is 4. The molecule has 6 atom stereocenters. The summed E-state index contributed by atoms with van der Waals surface area (Å²) in [6.07, 6.45) is 2.78. The highest BCUT2D eigenvalue weighted by Gasteiger charge is 2.67. The Kier molecular flexibility index (Phi) is 6.18. The molecule has 0 radical (unpaired) electrons. The molecule has 2 heterocycles. The third-order valence-corrected chi connectivity index (χ3v) is 9.28.